The third-order valence-electron chi connectivity index (χ3n) is 3.29. The van der Waals surface area contributed by atoms with Crippen LogP contribution in [0.3, 0.4) is 0 Å². The average molecular weight is 377 g/mol. The highest BCUT2D eigenvalue weighted by atomic mass is 35.5. The van der Waals surface area contributed by atoms with Crippen molar-refractivity contribution in [3.63, 3.8) is 0 Å². The summed E-state index contributed by atoms with van der Waals surface area (Å²) in [6.45, 7) is 0.424. The molecule has 25 heavy (non-hydrogen) atoms. The van der Waals surface area contributed by atoms with Gasteiger partial charge in [-0.05, 0) is 24.3 Å². The molecule has 1 amide bonds. The number of carbonyl (C=O) groups excluding carboxylic acids is 1. The standard InChI is InChI=1S/C17H14Cl2N4O2/c18-13-3-1-2-12(8-13)16-5-4-15(25-16)10-20-22-17(24)6-7-23-11-14(19)9-21-23/h1-5,8-11H,6-7H2,(H,22,24). The Hall–Kier alpha value is -2.57. The van der Waals surface area contributed by atoms with Crippen LogP contribution in [0.25, 0.3) is 11.3 Å². The lowest BCUT2D eigenvalue weighted by molar-refractivity contribution is -0.121. The average Bonchev–Trinajstić information content (AvgIpc) is 3.22. The van der Waals surface area contributed by atoms with Crippen molar-refractivity contribution < 1.29 is 9.21 Å². The van der Waals surface area contributed by atoms with E-state index >= 15 is 0 Å². The summed E-state index contributed by atoms with van der Waals surface area (Å²) in [5, 5.41) is 9.05. The molecule has 0 unspecified atom stereocenters. The van der Waals surface area contributed by atoms with Crippen molar-refractivity contribution in [1.82, 2.24) is 15.2 Å². The van der Waals surface area contributed by atoms with Crippen molar-refractivity contribution in [1.29, 1.82) is 0 Å². The number of hydrogen-bond acceptors (Lipinski definition) is 4. The molecular formula is C17H14Cl2N4O2. The molecule has 1 N–H and O–H groups in total. The van der Waals surface area contributed by atoms with Gasteiger partial charge in [-0.1, -0.05) is 35.3 Å². The van der Waals surface area contributed by atoms with Gasteiger partial charge in [0.15, 0.2) is 0 Å². The van der Waals surface area contributed by atoms with Crippen molar-refractivity contribution >= 4 is 35.3 Å². The Bertz CT molecular complexity index is 901. The second kappa shape index (κ2) is 8.00. The van der Waals surface area contributed by atoms with Crippen molar-refractivity contribution in [2.75, 3.05) is 0 Å². The van der Waals surface area contributed by atoms with Crippen LogP contribution < -0.4 is 5.43 Å². The lowest BCUT2D eigenvalue weighted by Gasteiger charge is -2.00. The van der Waals surface area contributed by atoms with Gasteiger partial charge in [-0.25, -0.2) is 5.43 Å². The number of amides is 1. The SMILES string of the molecule is O=C(CCn1cc(Cl)cn1)NN=Cc1ccc(-c2cccc(Cl)c2)o1. The van der Waals surface area contributed by atoms with Crippen LogP contribution in [-0.4, -0.2) is 21.9 Å². The molecule has 0 atom stereocenters. The van der Waals surface area contributed by atoms with Gasteiger partial charge in [-0.15, -0.1) is 0 Å². The van der Waals surface area contributed by atoms with Crippen LogP contribution in [0.5, 0.6) is 0 Å². The monoisotopic (exact) mass is 376 g/mol. The number of carbonyl (C=O) groups is 1. The molecule has 2 heterocycles. The Morgan fingerprint density at radius 3 is 2.92 bits per heavy atom. The molecule has 0 saturated heterocycles. The van der Waals surface area contributed by atoms with Crippen molar-refractivity contribution in [3.8, 4) is 11.3 Å². The van der Waals surface area contributed by atoms with E-state index in [1.54, 1.807) is 23.0 Å². The van der Waals surface area contributed by atoms with E-state index in [-0.39, 0.29) is 12.3 Å². The normalized spacial score (nSPS) is 11.1. The number of hydrazone groups is 1. The number of nitrogens with one attached hydrogen (secondary N) is 1. The Morgan fingerprint density at radius 2 is 2.16 bits per heavy atom. The Morgan fingerprint density at radius 1 is 1.28 bits per heavy atom. The molecule has 0 radical (unpaired) electrons. The molecule has 0 spiro atoms. The summed E-state index contributed by atoms with van der Waals surface area (Å²) >= 11 is 11.7. The van der Waals surface area contributed by atoms with Crippen LogP contribution in [0.15, 0.2) is 58.3 Å². The van der Waals surface area contributed by atoms with E-state index < -0.39 is 0 Å². The first-order valence-electron chi connectivity index (χ1n) is 7.46. The molecule has 128 valence electrons. The number of halogens is 2. The van der Waals surface area contributed by atoms with E-state index in [0.717, 1.165) is 5.56 Å². The molecule has 1 aromatic carbocycles. The minimum Gasteiger partial charge on any atom is -0.455 e. The number of aryl methyl sites for hydroxylation is 1. The smallest absolute Gasteiger partial charge is 0.241 e. The van der Waals surface area contributed by atoms with E-state index in [4.69, 9.17) is 27.6 Å². The maximum atomic E-state index is 11.7. The Kier molecular flexibility index (Phi) is 5.53. The Balaban J connectivity index is 1.51. The first-order chi connectivity index (χ1) is 12.1. The van der Waals surface area contributed by atoms with E-state index in [1.807, 2.05) is 24.3 Å². The van der Waals surface area contributed by atoms with Crippen LogP contribution in [0.2, 0.25) is 10.0 Å². The van der Waals surface area contributed by atoms with Crippen LogP contribution in [0.1, 0.15) is 12.2 Å². The quantitative estimate of drug-likeness (QED) is 0.522. The highest BCUT2D eigenvalue weighted by Gasteiger charge is 2.05. The van der Waals surface area contributed by atoms with Gasteiger partial charge >= 0.3 is 0 Å². The fourth-order valence-corrected chi connectivity index (χ4v) is 2.47. The third kappa shape index (κ3) is 4.95. The van der Waals surface area contributed by atoms with Gasteiger partial charge in [0.1, 0.15) is 11.5 Å². The van der Waals surface area contributed by atoms with Gasteiger partial charge in [-0.2, -0.15) is 10.2 Å². The fraction of sp³-hybridized carbons (Fsp3) is 0.118. The maximum Gasteiger partial charge on any atom is 0.241 e. The molecule has 3 rings (SSSR count). The number of hydrogen-bond donors (Lipinski definition) is 1. The van der Waals surface area contributed by atoms with Crippen LogP contribution >= 0.6 is 23.2 Å². The van der Waals surface area contributed by atoms with Gasteiger partial charge in [0.25, 0.3) is 0 Å². The second-order valence-corrected chi connectivity index (χ2v) is 6.05. The summed E-state index contributed by atoms with van der Waals surface area (Å²) in [5.74, 6) is 0.962. The number of benzene rings is 1. The summed E-state index contributed by atoms with van der Waals surface area (Å²) in [7, 11) is 0. The predicted octanol–water partition coefficient (Wildman–Crippen LogP) is 3.99. The zero-order chi connectivity index (χ0) is 17.6. The summed E-state index contributed by atoms with van der Waals surface area (Å²) in [5.41, 5.74) is 3.31. The summed E-state index contributed by atoms with van der Waals surface area (Å²) in [6, 6.07) is 10.9. The van der Waals surface area contributed by atoms with Crippen LogP contribution in [0, 0.1) is 0 Å². The zero-order valence-electron chi connectivity index (χ0n) is 13.0. The molecule has 0 aliphatic rings. The summed E-state index contributed by atoms with van der Waals surface area (Å²) in [6.07, 6.45) is 4.85. The molecule has 2 aromatic heterocycles. The van der Waals surface area contributed by atoms with E-state index in [2.05, 4.69) is 15.6 Å². The van der Waals surface area contributed by atoms with Gasteiger partial charge in [0, 0.05) is 29.7 Å². The Labute approximate surface area is 154 Å². The van der Waals surface area contributed by atoms with Gasteiger partial charge in [-0.3, -0.25) is 9.48 Å². The lowest BCUT2D eigenvalue weighted by atomic mass is 10.2. The highest BCUT2D eigenvalue weighted by Crippen LogP contribution is 2.24. The van der Waals surface area contributed by atoms with Crippen molar-refractivity contribution in [3.05, 3.63) is 64.6 Å². The fourth-order valence-electron chi connectivity index (χ4n) is 2.12. The zero-order valence-corrected chi connectivity index (χ0v) is 14.5. The molecule has 8 heteroatoms. The second-order valence-electron chi connectivity index (χ2n) is 5.18. The first-order valence-corrected chi connectivity index (χ1v) is 8.21. The number of furan rings is 1. The third-order valence-corrected chi connectivity index (χ3v) is 3.72. The van der Waals surface area contributed by atoms with Crippen LogP contribution in [-0.2, 0) is 11.3 Å². The van der Waals surface area contributed by atoms with Gasteiger partial charge < -0.3 is 4.42 Å². The number of nitrogens with zero attached hydrogens (tertiary/aromatic N) is 3. The minimum atomic E-state index is -0.232. The highest BCUT2D eigenvalue weighted by molar-refractivity contribution is 6.31. The van der Waals surface area contributed by atoms with Crippen molar-refractivity contribution in [2.24, 2.45) is 5.10 Å². The number of aromatic nitrogens is 2. The van der Waals surface area contributed by atoms with Gasteiger partial charge in [0.2, 0.25) is 5.91 Å². The molecular weight excluding hydrogens is 363 g/mol. The molecule has 0 saturated carbocycles. The van der Waals surface area contributed by atoms with Gasteiger partial charge in [0.05, 0.1) is 17.4 Å². The molecule has 0 bridgehead atoms. The molecule has 0 fully saturated rings. The molecule has 0 aliphatic carbocycles. The molecule has 6 nitrogen and oxygen atoms in total. The summed E-state index contributed by atoms with van der Waals surface area (Å²) in [4.78, 5) is 11.7. The molecule has 3 aromatic rings. The summed E-state index contributed by atoms with van der Waals surface area (Å²) < 4.78 is 7.24. The first kappa shape index (κ1) is 17.3. The number of rotatable bonds is 6. The largest absolute Gasteiger partial charge is 0.455 e. The minimum absolute atomic E-state index is 0.232. The topological polar surface area (TPSA) is 72.4 Å². The predicted molar refractivity (Wildman–Crippen MR) is 96.7 cm³/mol. The lowest BCUT2D eigenvalue weighted by Crippen LogP contribution is -2.19. The molecule has 0 aliphatic heterocycles. The van der Waals surface area contributed by atoms with E-state index in [1.165, 1.54) is 12.4 Å². The maximum absolute atomic E-state index is 11.7. The van der Waals surface area contributed by atoms with Crippen LogP contribution in [0.4, 0.5) is 0 Å². The van der Waals surface area contributed by atoms with E-state index in [9.17, 15) is 4.79 Å². The van der Waals surface area contributed by atoms with E-state index in [0.29, 0.717) is 28.1 Å². The van der Waals surface area contributed by atoms with Crippen molar-refractivity contribution in [2.45, 2.75) is 13.0 Å².